The van der Waals surface area contributed by atoms with E-state index in [2.05, 4.69) is 36.8 Å². The SMILES string of the molecule is CNc1nc(NCCCCCSC)c2[nH]cnc2n1. The molecule has 2 aromatic heterocycles. The second kappa shape index (κ2) is 7.18. The van der Waals surface area contributed by atoms with E-state index in [0.717, 1.165) is 24.3 Å². The molecule has 0 aliphatic carbocycles. The number of nitrogens with one attached hydrogen (secondary N) is 3. The Kier molecular flexibility index (Phi) is 5.26. The molecular formula is C12H20N6S. The number of aromatic amines is 1. The Morgan fingerprint density at radius 2 is 2.16 bits per heavy atom. The highest BCUT2D eigenvalue weighted by Crippen LogP contribution is 2.18. The Morgan fingerprint density at radius 1 is 1.26 bits per heavy atom. The van der Waals surface area contributed by atoms with Crippen LogP contribution in [0.4, 0.5) is 11.8 Å². The van der Waals surface area contributed by atoms with Gasteiger partial charge >= 0.3 is 0 Å². The standard InChI is InChI=1S/C12H20N6S/c1-13-12-17-10(9-11(18-12)16-8-15-9)14-6-4-3-5-7-19-2/h8H,3-7H2,1-2H3,(H3,13,14,15,16,17,18). The molecule has 0 aliphatic rings. The molecule has 0 saturated carbocycles. The van der Waals surface area contributed by atoms with E-state index in [1.165, 1.54) is 18.6 Å². The number of nitrogens with zero attached hydrogens (tertiary/aromatic N) is 3. The third kappa shape index (κ3) is 3.73. The van der Waals surface area contributed by atoms with Gasteiger partial charge in [0.05, 0.1) is 6.33 Å². The van der Waals surface area contributed by atoms with Crippen LogP contribution in [0.1, 0.15) is 19.3 Å². The number of thioether (sulfide) groups is 1. The fraction of sp³-hybridized carbons (Fsp3) is 0.583. The van der Waals surface area contributed by atoms with Gasteiger partial charge in [-0.2, -0.15) is 21.7 Å². The number of aromatic nitrogens is 4. The molecule has 0 spiro atoms. The molecule has 2 aromatic rings. The number of H-pyrrole nitrogens is 1. The van der Waals surface area contributed by atoms with Gasteiger partial charge in [0.15, 0.2) is 11.5 Å². The van der Waals surface area contributed by atoms with Crippen LogP contribution in [0.3, 0.4) is 0 Å². The van der Waals surface area contributed by atoms with Gasteiger partial charge in [-0.15, -0.1) is 0 Å². The van der Waals surface area contributed by atoms with E-state index in [1.54, 1.807) is 13.4 Å². The van der Waals surface area contributed by atoms with E-state index in [4.69, 9.17) is 0 Å². The van der Waals surface area contributed by atoms with E-state index in [9.17, 15) is 0 Å². The molecule has 0 atom stereocenters. The molecule has 0 amide bonds. The predicted molar refractivity (Wildman–Crippen MR) is 82.0 cm³/mol. The molecule has 3 N–H and O–H groups in total. The first-order valence-corrected chi connectivity index (χ1v) is 7.86. The Morgan fingerprint density at radius 3 is 2.95 bits per heavy atom. The number of anilines is 2. The fourth-order valence-corrected chi connectivity index (χ4v) is 2.32. The first-order chi connectivity index (χ1) is 9.35. The Bertz CT molecular complexity index is 512. The molecule has 0 radical (unpaired) electrons. The molecule has 0 aliphatic heterocycles. The summed E-state index contributed by atoms with van der Waals surface area (Å²) >= 11 is 1.90. The van der Waals surface area contributed by atoms with Crippen LogP contribution in [0.25, 0.3) is 11.2 Å². The van der Waals surface area contributed by atoms with Crippen molar-refractivity contribution in [3.05, 3.63) is 6.33 Å². The summed E-state index contributed by atoms with van der Waals surface area (Å²) in [6, 6.07) is 0. The van der Waals surface area contributed by atoms with Crippen molar-refractivity contribution in [1.82, 2.24) is 19.9 Å². The van der Waals surface area contributed by atoms with Crippen LogP contribution < -0.4 is 10.6 Å². The van der Waals surface area contributed by atoms with E-state index in [0.29, 0.717) is 11.6 Å². The fourth-order valence-electron chi connectivity index (χ4n) is 1.83. The zero-order valence-electron chi connectivity index (χ0n) is 11.4. The molecule has 2 heterocycles. The molecule has 0 aromatic carbocycles. The summed E-state index contributed by atoms with van der Waals surface area (Å²) in [5.74, 6) is 2.64. The summed E-state index contributed by atoms with van der Waals surface area (Å²) in [4.78, 5) is 15.9. The number of imidazole rings is 1. The van der Waals surface area contributed by atoms with Crippen molar-refractivity contribution in [2.24, 2.45) is 0 Å². The number of hydrogen-bond acceptors (Lipinski definition) is 6. The second-order valence-corrected chi connectivity index (χ2v) is 5.21. The highest BCUT2D eigenvalue weighted by Gasteiger charge is 2.08. The normalized spacial score (nSPS) is 10.8. The summed E-state index contributed by atoms with van der Waals surface area (Å²) in [5.41, 5.74) is 1.55. The van der Waals surface area contributed by atoms with Crippen molar-refractivity contribution in [2.75, 3.05) is 36.2 Å². The average Bonchev–Trinajstić information content (AvgIpc) is 2.90. The molecule has 19 heavy (non-hydrogen) atoms. The van der Waals surface area contributed by atoms with Crippen LogP contribution in [0.15, 0.2) is 6.33 Å². The summed E-state index contributed by atoms with van der Waals surface area (Å²) in [7, 11) is 1.81. The van der Waals surface area contributed by atoms with Gasteiger partial charge in [-0.1, -0.05) is 6.42 Å². The zero-order valence-corrected chi connectivity index (χ0v) is 12.2. The molecule has 7 heteroatoms. The highest BCUT2D eigenvalue weighted by molar-refractivity contribution is 7.98. The summed E-state index contributed by atoms with van der Waals surface area (Å²) < 4.78 is 0. The minimum absolute atomic E-state index is 0.587. The maximum atomic E-state index is 4.42. The van der Waals surface area contributed by atoms with Crippen molar-refractivity contribution in [2.45, 2.75) is 19.3 Å². The van der Waals surface area contributed by atoms with Crippen LogP contribution in [-0.4, -0.2) is 45.5 Å². The zero-order chi connectivity index (χ0) is 13.5. The molecule has 104 valence electrons. The third-order valence-corrected chi connectivity index (χ3v) is 3.52. The number of hydrogen-bond donors (Lipinski definition) is 3. The van der Waals surface area contributed by atoms with Gasteiger partial charge in [0.25, 0.3) is 0 Å². The summed E-state index contributed by atoms with van der Waals surface area (Å²) in [6.07, 6.45) is 7.45. The minimum atomic E-state index is 0.587. The van der Waals surface area contributed by atoms with Crippen LogP contribution in [0.2, 0.25) is 0 Å². The number of unbranched alkanes of at least 4 members (excludes halogenated alkanes) is 2. The van der Waals surface area contributed by atoms with Crippen molar-refractivity contribution in [3.63, 3.8) is 0 Å². The lowest BCUT2D eigenvalue weighted by atomic mass is 10.2. The first kappa shape index (κ1) is 13.9. The Balaban J connectivity index is 1.93. The average molecular weight is 280 g/mol. The van der Waals surface area contributed by atoms with E-state index >= 15 is 0 Å². The van der Waals surface area contributed by atoms with Crippen LogP contribution in [-0.2, 0) is 0 Å². The number of rotatable bonds is 8. The van der Waals surface area contributed by atoms with Gasteiger partial charge < -0.3 is 15.6 Å². The van der Waals surface area contributed by atoms with Crippen LogP contribution in [0, 0.1) is 0 Å². The second-order valence-electron chi connectivity index (χ2n) is 4.23. The van der Waals surface area contributed by atoms with Crippen molar-refractivity contribution >= 4 is 34.7 Å². The molecule has 0 unspecified atom stereocenters. The third-order valence-electron chi connectivity index (χ3n) is 2.83. The summed E-state index contributed by atoms with van der Waals surface area (Å²) in [5, 5.41) is 6.30. The largest absolute Gasteiger partial charge is 0.368 e. The van der Waals surface area contributed by atoms with Gasteiger partial charge in [0.2, 0.25) is 5.95 Å². The van der Waals surface area contributed by atoms with Gasteiger partial charge in [-0.3, -0.25) is 0 Å². The van der Waals surface area contributed by atoms with Gasteiger partial charge in [0.1, 0.15) is 5.52 Å². The number of fused-ring (bicyclic) bond motifs is 1. The van der Waals surface area contributed by atoms with E-state index < -0.39 is 0 Å². The van der Waals surface area contributed by atoms with Crippen LogP contribution in [0.5, 0.6) is 0 Å². The lowest BCUT2D eigenvalue weighted by molar-refractivity contribution is 0.748. The van der Waals surface area contributed by atoms with Gasteiger partial charge in [0, 0.05) is 13.6 Å². The first-order valence-electron chi connectivity index (χ1n) is 6.47. The predicted octanol–water partition coefficient (Wildman–Crippen LogP) is 2.34. The van der Waals surface area contributed by atoms with E-state index in [-0.39, 0.29) is 0 Å². The topological polar surface area (TPSA) is 78.5 Å². The quantitative estimate of drug-likeness (QED) is 0.644. The summed E-state index contributed by atoms with van der Waals surface area (Å²) in [6.45, 7) is 0.919. The molecular weight excluding hydrogens is 260 g/mol. The van der Waals surface area contributed by atoms with Crippen molar-refractivity contribution in [3.8, 4) is 0 Å². The molecule has 0 fully saturated rings. The monoisotopic (exact) mass is 280 g/mol. The molecule has 0 saturated heterocycles. The minimum Gasteiger partial charge on any atom is -0.368 e. The molecule has 0 bridgehead atoms. The highest BCUT2D eigenvalue weighted by atomic mass is 32.2. The van der Waals surface area contributed by atoms with E-state index in [1.807, 2.05) is 11.8 Å². The lowest BCUT2D eigenvalue weighted by Gasteiger charge is -2.07. The maximum Gasteiger partial charge on any atom is 0.226 e. The van der Waals surface area contributed by atoms with Gasteiger partial charge in [-0.05, 0) is 24.9 Å². The molecule has 6 nitrogen and oxygen atoms in total. The molecule has 2 rings (SSSR count). The lowest BCUT2D eigenvalue weighted by Crippen LogP contribution is -2.07. The van der Waals surface area contributed by atoms with Gasteiger partial charge in [-0.25, -0.2) is 4.98 Å². The Labute approximate surface area is 117 Å². The van der Waals surface area contributed by atoms with Crippen molar-refractivity contribution in [1.29, 1.82) is 0 Å². The van der Waals surface area contributed by atoms with Crippen LogP contribution >= 0.6 is 11.8 Å². The van der Waals surface area contributed by atoms with Crippen molar-refractivity contribution < 1.29 is 0 Å². The maximum absolute atomic E-state index is 4.42. The smallest absolute Gasteiger partial charge is 0.226 e. The Hall–Kier alpha value is -1.50.